The number of nitrogens with zero attached hydrogens (tertiary/aromatic N) is 2. The molecule has 6 heteroatoms. The summed E-state index contributed by atoms with van der Waals surface area (Å²) in [6, 6.07) is 19.5. The largest absolute Gasteiger partial charge is 0.508 e. The van der Waals surface area contributed by atoms with E-state index in [1.807, 2.05) is 66.8 Å². The maximum Gasteiger partial charge on any atom is 0.116 e. The zero-order valence-corrected chi connectivity index (χ0v) is 18.4. The Bertz CT molecular complexity index is 1610. The van der Waals surface area contributed by atoms with Gasteiger partial charge in [0.1, 0.15) is 5.75 Å². The van der Waals surface area contributed by atoms with Crippen molar-refractivity contribution in [1.29, 1.82) is 0 Å². The molecule has 2 aliphatic heterocycles. The monoisotopic (exact) mass is 480 g/mol. The Labute approximate surface area is 192 Å². The molecule has 3 aromatic heterocycles. The Morgan fingerprint density at radius 3 is 1.84 bits per heavy atom. The Morgan fingerprint density at radius 2 is 1.19 bits per heavy atom. The molecule has 8 bridgehead atoms. The topological polar surface area (TPSA) is 77.6 Å². The lowest BCUT2D eigenvalue weighted by Gasteiger charge is -2.03. The van der Waals surface area contributed by atoms with Crippen LogP contribution in [0.1, 0.15) is 22.8 Å². The summed E-state index contributed by atoms with van der Waals surface area (Å²) in [5, 5.41) is 10.1. The van der Waals surface area contributed by atoms with E-state index in [-0.39, 0.29) is 5.75 Å². The van der Waals surface area contributed by atoms with Crippen LogP contribution in [-0.2, 0) is 0 Å². The maximum absolute atomic E-state index is 10.1. The van der Waals surface area contributed by atoms with Crippen molar-refractivity contribution in [3.63, 3.8) is 0 Å². The van der Waals surface area contributed by atoms with E-state index in [4.69, 9.17) is 9.97 Å². The number of phenols is 1. The van der Waals surface area contributed by atoms with E-state index in [1.165, 1.54) is 0 Å². The van der Waals surface area contributed by atoms with Gasteiger partial charge in [0.2, 0.25) is 0 Å². The molecular weight excluding hydrogens is 464 g/mol. The maximum atomic E-state index is 10.1. The molecule has 3 N–H and O–H groups in total. The third kappa shape index (κ3) is 3.55. The molecule has 0 atom stereocenters. The fourth-order valence-electron chi connectivity index (χ4n) is 3.96. The second-order valence-corrected chi connectivity index (χ2v) is 8.61. The first-order valence-electron chi connectivity index (χ1n) is 10.2. The first-order chi connectivity index (χ1) is 15.6. The lowest BCUT2D eigenvalue weighted by molar-refractivity contribution is 0.475. The van der Waals surface area contributed by atoms with Gasteiger partial charge in [-0.2, -0.15) is 0 Å². The second kappa shape index (κ2) is 7.35. The minimum absolute atomic E-state index is 0.214. The number of nitrogens with one attached hydrogen (secondary N) is 2. The minimum Gasteiger partial charge on any atom is -0.508 e. The standard InChI is InChI=1S/C26H17BrN4O/c27-25-8-7-22(32)14-23(25)24-12-21-11-19-4-3-17(29-19)9-15-1-2-16(28-15)10-18-5-6-20(30-18)13-26(24)31-21/h1-14,28,31-32H. The van der Waals surface area contributed by atoms with Gasteiger partial charge in [0, 0.05) is 37.7 Å². The van der Waals surface area contributed by atoms with Gasteiger partial charge in [0.25, 0.3) is 0 Å². The summed E-state index contributed by atoms with van der Waals surface area (Å²) in [5.41, 5.74) is 9.13. The van der Waals surface area contributed by atoms with E-state index in [2.05, 4.69) is 32.0 Å². The molecule has 5 heterocycles. The van der Waals surface area contributed by atoms with Crippen molar-refractivity contribution in [2.24, 2.45) is 0 Å². The van der Waals surface area contributed by atoms with Crippen LogP contribution >= 0.6 is 15.9 Å². The number of fused-ring (bicyclic) bond motifs is 8. The zero-order chi connectivity index (χ0) is 21.7. The van der Waals surface area contributed by atoms with Crippen LogP contribution in [0.5, 0.6) is 5.75 Å². The Balaban J connectivity index is 1.69. The third-order valence-electron chi connectivity index (χ3n) is 5.41. The molecule has 5 nitrogen and oxygen atoms in total. The first kappa shape index (κ1) is 18.8. The molecular formula is C26H17BrN4O. The molecule has 0 unspecified atom stereocenters. The number of rotatable bonds is 1. The first-order valence-corrected chi connectivity index (χ1v) is 11.0. The SMILES string of the molecule is Oc1ccc(Br)c(-c2cc3cc4nc(cc5ccc(cc6nc(cc2[nH]3)C=C6)[nH]5)C=C4)c1. The van der Waals surface area contributed by atoms with Gasteiger partial charge in [-0.25, -0.2) is 9.97 Å². The number of hydrogen-bond donors (Lipinski definition) is 3. The molecule has 4 aromatic rings. The molecule has 154 valence electrons. The number of phenolic OH excluding ortho intramolecular Hbond substituents is 1. The summed E-state index contributed by atoms with van der Waals surface area (Å²) in [6.45, 7) is 0. The van der Waals surface area contributed by atoms with Crippen molar-refractivity contribution in [3.8, 4) is 16.9 Å². The van der Waals surface area contributed by atoms with Crippen molar-refractivity contribution in [2.45, 2.75) is 0 Å². The summed E-state index contributed by atoms with van der Waals surface area (Å²) < 4.78 is 0.900. The fourth-order valence-corrected chi connectivity index (χ4v) is 4.42. The normalized spacial score (nSPS) is 12.4. The average Bonchev–Trinajstić information content (AvgIpc) is 3.55. The lowest BCUT2D eigenvalue weighted by Crippen LogP contribution is -1.79. The van der Waals surface area contributed by atoms with E-state index in [9.17, 15) is 5.11 Å². The highest BCUT2D eigenvalue weighted by molar-refractivity contribution is 9.10. The van der Waals surface area contributed by atoms with Gasteiger partial charge in [0.15, 0.2) is 0 Å². The highest BCUT2D eigenvalue weighted by Gasteiger charge is 2.10. The molecule has 0 saturated heterocycles. The summed E-state index contributed by atoms with van der Waals surface area (Å²) in [5.74, 6) is 0.214. The van der Waals surface area contributed by atoms with Gasteiger partial charge in [0.05, 0.1) is 22.8 Å². The van der Waals surface area contributed by atoms with Crippen LogP contribution in [0.15, 0.2) is 65.1 Å². The molecule has 0 saturated carbocycles. The number of halogens is 1. The summed E-state index contributed by atoms with van der Waals surface area (Å²) in [7, 11) is 0. The minimum atomic E-state index is 0.214. The highest BCUT2D eigenvalue weighted by atomic mass is 79.9. The van der Waals surface area contributed by atoms with E-state index in [0.29, 0.717) is 0 Å². The van der Waals surface area contributed by atoms with Crippen molar-refractivity contribution in [1.82, 2.24) is 19.9 Å². The Hall–Kier alpha value is -3.90. The predicted octanol–water partition coefficient (Wildman–Crippen LogP) is 6.79. The second-order valence-electron chi connectivity index (χ2n) is 7.75. The van der Waals surface area contributed by atoms with Crippen LogP contribution in [0.3, 0.4) is 0 Å². The number of hydrogen-bond acceptors (Lipinski definition) is 3. The number of aromatic nitrogens is 4. The molecule has 1 aromatic carbocycles. The van der Waals surface area contributed by atoms with Gasteiger partial charge >= 0.3 is 0 Å². The van der Waals surface area contributed by atoms with Gasteiger partial charge < -0.3 is 15.1 Å². The molecule has 0 radical (unpaired) electrons. The van der Waals surface area contributed by atoms with Gasteiger partial charge in [-0.3, -0.25) is 0 Å². The van der Waals surface area contributed by atoms with Gasteiger partial charge in [-0.1, -0.05) is 15.9 Å². The van der Waals surface area contributed by atoms with E-state index < -0.39 is 0 Å². The molecule has 2 aliphatic rings. The Morgan fingerprint density at radius 1 is 0.594 bits per heavy atom. The molecule has 0 fully saturated rings. The van der Waals surface area contributed by atoms with E-state index in [1.54, 1.807) is 12.1 Å². The van der Waals surface area contributed by atoms with Crippen LogP contribution < -0.4 is 0 Å². The quantitative estimate of drug-likeness (QED) is 0.242. The van der Waals surface area contributed by atoms with Crippen molar-refractivity contribution < 1.29 is 5.11 Å². The predicted molar refractivity (Wildman–Crippen MR) is 134 cm³/mol. The fraction of sp³-hybridized carbons (Fsp3) is 0. The van der Waals surface area contributed by atoms with Gasteiger partial charge in [-0.15, -0.1) is 0 Å². The van der Waals surface area contributed by atoms with Crippen molar-refractivity contribution in [3.05, 3.63) is 87.9 Å². The number of benzene rings is 1. The molecule has 0 amide bonds. The smallest absolute Gasteiger partial charge is 0.116 e. The average molecular weight is 481 g/mol. The summed E-state index contributed by atoms with van der Waals surface area (Å²) in [6.07, 6.45) is 7.99. The van der Waals surface area contributed by atoms with Crippen molar-refractivity contribution >= 4 is 62.3 Å². The highest BCUT2D eigenvalue weighted by Crippen LogP contribution is 2.35. The number of aromatic amines is 2. The number of H-pyrrole nitrogens is 2. The molecule has 0 aliphatic carbocycles. The van der Waals surface area contributed by atoms with Crippen LogP contribution in [0.4, 0.5) is 0 Å². The van der Waals surface area contributed by atoms with E-state index >= 15 is 0 Å². The third-order valence-corrected chi connectivity index (χ3v) is 6.10. The van der Waals surface area contributed by atoms with Gasteiger partial charge in [-0.05, 0) is 85.0 Å². The number of aromatic hydroxyl groups is 1. The molecule has 6 rings (SSSR count). The lowest BCUT2D eigenvalue weighted by atomic mass is 10.1. The molecule has 32 heavy (non-hydrogen) atoms. The Kier molecular flexibility index (Phi) is 4.33. The summed E-state index contributed by atoms with van der Waals surface area (Å²) >= 11 is 3.62. The zero-order valence-electron chi connectivity index (χ0n) is 16.8. The van der Waals surface area contributed by atoms with Crippen LogP contribution in [0.2, 0.25) is 0 Å². The van der Waals surface area contributed by atoms with Crippen LogP contribution in [0.25, 0.3) is 57.5 Å². The van der Waals surface area contributed by atoms with Crippen LogP contribution in [-0.4, -0.2) is 25.0 Å². The van der Waals surface area contributed by atoms with Crippen molar-refractivity contribution in [2.75, 3.05) is 0 Å². The summed E-state index contributed by atoms with van der Waals surface area (Å²) in [4.78, 5) is 16.3. The van der Waals surface area contributed by atoms with Crippen LogP contribution in [0, 0.1) is 0 Å². The molecule has 0 spiro atoms. The van der Waals surface area contributed by atoms with E-state index in [0.717, 1.165) is 60.4 Å².